The Hall–Kier alpha value is -1.09. The molecule has 1 N–H and O–H groups in total. The Bertz CT molecular complexity index is 374. The SMILES string of the molecule is C1=CCC(n2cncc2C2CCNC2)CC1. The van der Waals surface area contributed by atoms with Crippen LogP contribution in [0.3, 0.4) is 0 Å². The third kappa shape index (κ3) is 1.80. The standard InChI is InChI=1S/C13H19N3/c1-2-4-12(5-3-1)16-10-15-9-13(16)11-6-7-14-8-11/h1-2,9-12,14H,3-8H2. The average molecular weight is 217 g/mol. The van der Waals surface area contributed by atoms with Crippen molar-refractivity contribution in [2.75, 3.05) is 13.1 Å². The molecule has 0 amide bonds. The third-order valence-corrected chi connectivity index (χ3v) is 3.81. The Morgan fingerprint density at radius 1 is 1.31 bits per heavy atom. The number of hydrogen-bond acceptors (Lipinski definition) is 2. The summed E-state index contributed by atoms with van der Waals surface area (Å²) < 4.78 is 2.42. The van der Waals surface area contributed by atoms with Crippen LogP contribution in [-0.2, 0) is 0 Å². The number of hydrogen-bond donors (Lipinski definition) is 1. The predicted molar refractivity (Wildman–Crippen MR) is 64.5 cm³/mol. The van der Waals surface area contributed by atoms with E-state index in [1.165, 1.54) is 31.4 Å². The van der Waals surface area contributed by atoms with Crippen LogP contribution in [0.25, 0.3) is 0 Å². The average Bonchev–Trinajstić information content (AvgIpc) is 3.01. The van der Waals surface area contributed by atoms with Crippen molar-refractivity contribution in [3.05, 3.63) is 30.4 Å². The van der Waals surface area contributed by atoms with Crippen LogP contribution in [0.15, 0.2) is 24.7 Å². The smallest absolute Gasteiger partial charge is 0.0950 e. The maximum absolute atomic E-state index is 4.35. The van der Waals surface area contributed by atoms with Crippen LogP contribution in [0, 0.1) is 0 Å². The molecule has 0 saturated carbocycles. The summed E-state index contributed by atoms with van der Waals surface area (Å²) in [6.45, 7) is 2.27. The van der Waals surface area contributed by atoms with Gasteiger partial charge in [-0.2, -0.15) is 0 Å². The van der Waals surface area contributed by atoms with Crippen molar-refractivity contribution in [1.82, 2.24) is 14.9 Å². The van der Waals surface area contributed by atoms with E-state index in [9.17, 15) is 0 Å². The summed E-state index contributed by atoms with van der Waals surface area (Å²) in [7, 11) is 0. The highest BCUT2D eigenvalue weighted by Crippen LogP contribution is 2.29. The van der Waals surface area contributed by atoms with Crippen molar-refractivity contribution in [3.8, 4) is 0 Å². The highest BCUT2D eigenvalue weighted by molar-refractivity contribution is 5.11. The molecule has 1 aromatic heterocycles. The highest BCUT2D eigenvalue weighted by atomic mass is 15.1. The minimum absolute atomic E-state index is 0.642. The first-order chi connectivity index (χ1) is 7.95. The van der Waals surface area contributed by atoms with Crippen LogP contribution >= 0.6 is 0 Å². The Morgan fingerprint density at radius 3 is 3.06 bits per heavy atom. The molecular weight excluding hydrogens is 198 g/mol. The second-order valence-electron chi connectivity index (χ2n) is 4.85. The zero-order valence-corrected chi connectivity index (χ0v) is 9.60. The molecule has 2 unspecified atom stereocenters. The minimum Gasteiger partial charge on any atom is -0.331 e. The summed E-state index contributed by atoms with van der Waals surface area (Å²) in [5.74, 6) is 0.674. The first-order valence-electron chi connectivity index (χ1n) is 6.32. The van der Waals surface area contributed by atoms with Gasteiger partial charge in [-0.3, -0.25) is 0 Å². The number of nitrogens with zero attached hydrogens (tertiary/aromatic N) is 2. The van der Waals surface area contributed by atoms with Gasteiger partial charge in [0.05, 0.1) is 6.33 Å². The lowest BCUT2D eigenvalue weighted by Gasteiger charge is -2.23. The molecule has 2 atom stereocenters. The quantitative estimate of drug-likeness (QED) is 0.770. The van der Waals surface area contributed by atoms with Crippen LogP contribution in [0.4, 0.5) is 0 Å². The van der Waals surface area contributed by atoms with Gasteiger partial charge in [0.15, 0.2) is 0 Å². The molecule has 1 saturated heterocycles. The molecule has 0 aromatic carbocycles. The molecule has 0 radical (unpaired) electrons. The van der Waals surface area contributed by atoms with Gasteiger partial charge in [-0.05, 0) is 32.2 Å². The first kappa shape index (κ1) is 10.1. The minimum atomic E-state index is 0.642. The third-order valence-electron chi connectivity index (χ3n) is 3.81. The van der Waals surface area contributed by atoms with Crippen molar-refractivity contribution >= 4 is 0 Å². The number of rotatable bonds is 2. The van der Waals surface area contributed by atoms with Crippen molar-refractivity contribution in [2.24, 2.45) is 0 Å². The molecule has 1 aliphatic carbocycles. The van der Waals surface area contributed by atoms with E-state index >= 15 is 0 Å². The molecule has 3 nitrogen and oxygen atoms in total. The zero-order valence-electron chi connectivity index (χ0n) is 9.60. The van der Waals surface area contributed by atoms with Crippen molar-refractivity contribution < 1.29 is 0 Å². The maximum atomic E-state index is 4.35. The normalized spacial score (nSPS) is 29.8. The lowest BCUT2D eigenvalue weighted by atomic mass is 9.99. The monoisotopic (exact) mass is 217 g/mol. The second-order valence-corrected chi connectivity index (χ2v) is 4.85. The van der Waals surface area contributed by atoms with Crippen molar-refractivity contribution in [2.45, 2.75) is 37.6 Å². The van der Waals surface area contributed by atoms with E-state index in [-0.39, 0.29) is 0 Å². The molecule has 86 valence electrons. The summed E-state index contributed by atoms with van der Waals surface area (Å²) in [6, 6.07) is 0.642. The van der Waals surface area contributed by atoms with Gasteiger partial charge >= 0.3 is 0 Å². The molecule has 16 heavy (non-hydrogen) atoms. The van der Waals surface area contributed by atoms with Crippen LogP contribution in [-0.4, -0.2) is 22.6 Å². The van der Waals surface area contributed by atoms with Gasteiger partial charge in [0.1, 0.15) is 0 Å². The number of nitrogens with one attached hydrogen (secondary N) is 1. The summed E-state index contributed by atoms with van der Waals surface area (Å²) in [5, 5.41) is 3.44. The van der Waals surface area contributed by atoms with E-state index in [4.69, 9.17) is 0 Å². The van der Waals surface area contributed by atoms with Crippen LogP contribution < -0.4 is 5.32 Å². The first-order valence-corrected chi connectivity index (χ1v) is 6.32. The highest BCUT2D eigenvalue weighted by Gasteiger charge is 2.23. The van der Waals surface area contributed by atoms with Crippen LogP contribution in [0.2, 0.25) is 0 Å². The molecule has 1 fully saturated rings. The zero-order chi connectivity index (χ0) is 10.8. The molecule has 2 aliphatic rings. The summed E-state index contributed by atoms with van der Waals surface area (Å²) in [4.78, 5) is 4.35. The molecule has 0 bridgehead atoms. The fourth-order valence-corrected chi connectivity index (χ4v) is 2.87. The lowest BCUT2D eigenvalue weighted by Crippen LogP contribution is -2.16. The molecule has 2 heterocycles. The van der Waals surface area contributed by atoms with Gasteiger partial charge in [-0.15, -0.1) is 0 Å². The van der Waals surface area contributed by atoms with E-state index in [0.29, 0.717) is 12.0 Å². The van der Waals surface area contributed by atoms with Gasteiger partial charge in [0.2, 0.25) is 0 Å². The number of allylic oxidation sites excluding steroid dienone is 2. The fraction of sp³-hybridized carbons (Fsp3) is 0.615. The predicted octanol–water partition coefficient (Wildman–Crippen LogP) is 2.24. The van der Waals surface area contributed by atoms with E-state index in [0.717, 1.165) is 13.1 Å². The fourth-order valence-electron chi connectivity index (χ4n) is 2.87. The molecular formula is C13H19N3. The van der Waals surface area contributed by atoms with Gasteiger partial charge in [-0.25, -0.2) is 4.98 Å². The Labute approximate surface area is 96.6 Å². The molecule has 1 aliphatic heterocycles. The van der Waals surface area contributed by atoms with E-state index in [1.54, 1.807) is 0 Å². The second kappa shape index (κ2) is 4.42. The summed E-state index contributed by atoms with van der Waals surface area (Å²) in [5.41, 5.74) is 1.44. The topological polar surface area (TPSA) is 29.9 Å². The Balaban J connectivity index is 1.83. The van der Waals surface area contributed by atoms with Crippen LogP contribution in [0.1, 0.15) is 43.3 Å². The van der Waals surface area contributed by atoms with Gasteiger partial charge in [0.25, 0.3) is 0 Å². The Kier molecular flexibility index (Phi) is 2.79. The summed E-state index contributed by atoms with van der Waals surface area (Å²) >= 11 is 0. The molecule has 0 spiro atoms. The van der Waals surface area contributed by atoms with Crippen molar-refractivity contribution in [1.29, 1.82) is 0 Å². The molecule has 3 rings (SSSR count). The van der Waals surface area contributed by atoms with Crippen LogP contribution in [0.5, 0.6) is 0 Å². The summed E-state index contributed by atoms with van der Waals surface area (Å²) in [6.07, 6.45) is 13.6. The largest absolute Gasteiger partial charge is 0.331 e. The van der Waals surface area contributed by atoms with Gasteiger partial charge in [-0.1, -0.05) is 12.2 Å². The van der Waals surface area contributed by atoms with Gasteiger partial charge in [0, 0.05) is 30.4 Å². The number of aromatic nitrogens is 2. The van der Waals surface area contributed by atoms with E-state index in [2.05, 4.69) is 33.2 Å². The Morgan fingerprint density at radius 2 is 2.31 bits per heavy atom. The van der Waals surface area contributed by atoms with E-state index in [1.807, 2.05) is 6.33 Å². The maximum Gasteiger partial charge on any atom is 0.0950 e. The van der Waals surface area contributed by atoms with E-state index < -0.39 is 0 Å². The molecule has 3 heteroatoms. The van der Waals surface area contributed by atoms with Gasteiger partial charge < -0.3 is 9.88 Å². The van der Waals surface area contributed by atoms with Crippen molar-refractivity contribution in [3.63, 3.8) is 0 Å². The number of imidazole rings is 1. The molecule has 1 aromatic rings. The lowest BCUT2D eigenvalue weighted by molar-refractivity contribution is 0.438.